The van der Waals surface area contributed by atoms with Crippen LogP contribution >= 0.6 is 0 Å². The first-order valence-corrected chi connectivity index (χ1v) is 6.51. The Kier molecular flexibility index (Phi) is 4.16. The van der Waals surface area contributed by atoms with Gasteiger partial charge in [-0.1, -0.05) is 13.8 Å². The van der Waals surface area contributed by atoms with E-state index in [2.05, 4.69) is 24.1 Å². The summed E-state index contributed by atoms with van der Waals surface area (Å²) in [4.78, 5) is 16.2. The highest BCUT2D eigenvalue weighted by molar-refractivity contribution is 5.83. The molecule has 2 aromatic heterocycles. The molecule has 0 unspecified atom stereocenters. The molecule has 102 valence electrons. The molecule has 19 heavy (non-hydrogen) atoms. The minimum absolute atomic E-state index is 0.000163. The number of hydrogen-bond acceptors (Lipinski definition) is 3. The Labute approximate surface area is 112 Å². The van der Waals surface area contributed by atoms with Gasteiger partial charge >= 0.3 is 0 Å². The number of nitrogens with two attached hydrogens (primary N) is 1. The van der Waals surface area contributed by atoms with E-state index in [1.807, 2.05) is 22.9 Å². The lowest BCUT2D eigenvalue weighted by atomic mass is 10.2. The van der Waals surface area contributed by atoms with E-state index in [0.29, 0.717) is 19.0 Å². The van der Waals surface area contributed by atoms with Gasteiger partial charge in [0, 0.05) is 30.9 Å². The van der Waals surface area contributed by atoms with Crippen LogP contribution in [0.3, 0.4) is 0 Å². The second kappa shape index (κ2) is 5.84. The van der Waals surface area contributed by atoms with Crippen LogP contribution in [0, 0.1) is 5.92 Å². The zero-order valence-electron chi connectivity index (χ0n) is 11.4. The number of fused-ring (bicyclic) bond motifs is 1. The summed E-state index contributed by atoms with van der Waals surface area (Å²) in [6, 6.07) is 3.86. The van der Waals surface area contributed by atoms with E-state index in [4.69, 9.17) is 5.73 Å². The number of aromatic nitrogens is 2. The minimum Gasteiger partial charge on any atom is -0.354 e. The molecule has 0 aliphatic heterocycles. The molecule has 0 radical (unpaired) electrons. The van der Waals surface area contributed by atoms with Gasteiger partial charge < -0.3 is 15.6 Å². The van der Waals surface area contributed by atoms with Gasteiger partial charge in [-0.05, 0) is 23.6 Å². The van der Waals surface area contributed by atoms with Crippen LogP contribution in [0.2, 0.25) is 0 Å². The molecule has 0 aliphatic carbocycles. The first-order valence-electron chi connectivity index (χ1n) is 6.51. The molecule has 5 nitrogen and oxygen atoms in total. The lowest BCUT2D eigenvalue weighted by Gasteiger charge is -2.08. The van der Waals surface area contributed by atoms with Gasteiger partial charge in [0.1, 0.15) is 12.2 Å². The van der Waals surface area contributed by atoms with E-state index in [-0.39, 0.29) is 12.5 Å². The summed E-state index contributed by atoms with van der Waals surface area (Å²) in [6.45, 7) is 5.55. The van der Waals surface area contributed by atoms with E-state index >= 15 is 0 Å². The number of pyridine rings is 1. The van der Waals surface area contributed by atoms with Crippen LogP contribution in [0.4, 0.5) is 0 Å². The molecule has 0 spiro atoms. The Morgan fingerprint density at radius 2 is 2.32 bits per heavy atom. The number of nitrogens with zero attached hydrogens (tertiary/aromatic N) is 2. The van der Waals surface area contributed by atoms with Crippen molar-refractivity contribution in [2.24, 2.45) is 11.7 Å². The zero-order chi connectivity index (χ0) is 13.8. The fourth-order valence-electron chi connectivity index (χ4n) is 2.01. The van der Waals surface area contributed by atoms with Crippen molar-refractivity contribution in [3.05, 3.63) is 30.1 Å². The summed E-state index contributed by atoms with van der Waals surface area (Å²) in [5, 5.41) is 3.92. The number of hydrogen-bond donors (Lipinski definition) is 2. The quantitative estimate of drug-likeness (QED) is 0.850. The number of amides is 1. The second-order valence-electron chi connectivity index (χ2n) is 5.06. The number of carbonyl (C=O) groups is 1. The van der Waals surface area contributed by atoms with E-state index < -0.39 is 0 Å². The Hall–Kier alpha value is -1.88. The largest absolute Gasteiger partial charge is 0.354 e. The van der Waals surface area contributed by atoms with Crippen molar-refractivity contribution in [3.8, 4) is 0 Å². The molecule has 0 aliphatic rings. The maximum atomic E-state index is 11.9. The van der Waals surface area contributed by atoms with Gasteiger partial charge in [-0.2, -0.15) is 0 Å². The standard InChI is InChI=1S/C14H20N4O/c1-10(2)7-17-13(19)9-18-8-11(6-15)12-4-3-5-16-14(12)18/h3-5,8,10H,6-7,9,15H2,1-2H3,(H,17,19). The van der Waals surface area contributed by atoms with Gasteiger partial charge in [0.15, 0.2) is 0 Å². The number of carbonyl (C=O) groups excluding carboxylic acids is 1. The molecule has 0 atom stereocenters. The van der Waals surface area contributed by atoms with Crippen molar-refractivity contribution in [3.63, 3.8) is 0 Å². The molecule has 5 heteroatoms. The highest BCUT2D eigenvalue weighted by atomic mass is 16.1. The predicted molar refractivity (Wildman–Crippen MR) is 75.5 cm³/mol. The predicted octanol–water partition coefficient (Wildman–Crippen LogP) is 1.27. The van der Waals surface area contributed by atoms with Gasteiger partial charge in [-0.25, -0.2) is 4.98 Å². The Morgan fingerprint density at radius 3 is 3.00 bits per heavy atom. The summed E-state index contributed by atoms with van der Waals surface area (Å²) in [5.41, 5.74) is 7.54. The third-order valence-electron chi connectivity index (χ3n) is 2.96. The lowest BCUT2D eigenvalue weighted by Crippen LogP contribution is -2.30. The number of nitrogens with one attached hydrogen (secondary N) is 1. The molecule has 0 saturated carbocycles. The van der Waals surface area contributed by atoms with Crippen LogP contribution in [-0.2, 0) is 17.9 Å². The van der Waals surface area contributed by atoms with Crippen LogP contribution in [0.1, 0.15) is 19.4 Å². The van der Waals surface area contributed by atoms with Gasteiger partial charge in [0.25, 0.3) is 0 Å². The average molecular weight is 260 g/mol. The highest BCUT2D eigenvalue weighted by Crippen LogP contribution is 2.18. The Bertz CT molecular complexity index is 574. The van der Waals surface area contributed by atoms with Crippen LogP contribution in [0.25, 0.3) is 11.0 Å². The molecule has 0 aromatic carbocycles. The van der Waals surface area contributed by atoms with Crippen molar-refractivity contribution >= 4 is 16.9 Å². The monoisotopic (exact) mass is 260 g/mol. The van der Waals surface area contributed by atoms with Crippen molar-refractivity contribution in [1.82, 2.24) is 14.9 Å². The highest BCUT2D eigenvalue weighted by Gasteiger charge is 2.11. The third kappa shape index (κ3) is 3.12. The molecule has 0 fully saturated rings. The second-order valence-corrected chi connectivity index (χ2v) is 5.06. The topological polar surface area (TPSA) is 72.9 Å². The van der Waals surface area contributed by atoms with E-state index in [9.17, 15) is 4.79 Å². The average Bonchev–Trinajstić information content (AvgIpc) is 2.75. The third-order valence-corrected chi connectivity index (χ3v) is 2.96. The molecular formula is C14H20N4O. The molecule has 0 bridgehead atoms. The normalized spacial score (nSPS) is 11.2. The fraction of sp³-hybridized carbons (Fsp3) is 0.429. The van der Waals surface area contributed by atoms with E-state index in [0.717, 1.165) is 16.6 Å². The van der Waals surface area contributed by atoms with Gasteiger partial charge in [0.05, 0.1) is 0 Å². The van der Waals surface area contributed by atoms with Gasteiger partial charge in [0.2, 0.25) is 5.91 Å². The maximum absolute atomic E-state index is 11.9. The Morgan fingerprint density at radius 1 is 1.53 bits per heavy atom. The summed E-state index contributed by atoms with van der Waals surface area (Å²) in [5.74, 6) is 0.447. The smallest absolute Gasteiger partial charge is 0.240 e. The zero-order valence-corrected chi connectivity index (χ0v) is 11.4. The summed E-state index contributed by atoms with van der Waals surface area (Å²) in [7, 11) is 0. The van der Waals surface area contributed by atoms with Crippen molar-refractivity contribution in [2.75, 3.05) is 6.54 Å². The van der Waals surface area contributed by atoms with Crippen LogP contribution in [0.15, 0.2) is 24.5 Å². The van der Waals surface area contributed by atoms with Crippen LogP contribution in [0.5, 0.6) is 0 Å². The summed E-state index contributed by atoms with van der Waals surface area (Å²) in [6.07, 6.45) is 3.64. The SMILES string of the molecule is CC(C)CNC(=O)Cn1cc(CN)c2cccnc21. The van der Waals surface area contributed by atoms with Crippen LogP contribution < -0.4 is 11.1 Å². The minimum atomic E-state index is -0.000163. The first kappa shape index (κ1) is 13.5. The maximum Gasteiger partial charge on any atom is 0.240 e. The molecule has 2 heterocycles. The molecule has 2 rings (SSSR count). The van der Waals surface area contributed by atoms with Crippen LogP contribution in [-0.4, -0.2) is 22.0 Å². The molecule has 0 saturated heterocycles. The van der Waals surface area contributed by atoms with Gasteiger partial charge in [-0.15, -0.1) is 0 Å². The van der Waals surface area contributed by atoms with Crippen molar-refractivity contribution in [2.45, 2.75) is 26.9 Å². The number of rotatable bonds is 5. The van der Waals surface area contributed by atoms with E-state index in [1.54, 1.807) is 6.20 Å². The molecule has 2 aromatic rings. The fourth-order valence-corrected chi connectivity index (χ4v) is 2.01. The molecule has 1 amide bonds. The molecular weight excluding hydrogens is 240 g/mol. The summed E-state index contributed by atoms with van der Waals surface area (Å²) < 4.78 is 1.85. The Balaban J connectivity index is 2.18. The van der Waals surface area contributed by atoms with E-state index in [1.165, 1.54) is 0 Å². The first-order chi connectivity index (χ1) is 9.11. The summed E-state index contributed by atoms with van der Waals surface area (Å²) >= 11 is 0. The van der Waals surface area contributed by atoms with Crippen molar-refractivity contribution < 1.29 is 4.79 Å². The lowest BCUT2D eigenvalue weighted by molar-refractivity contribution is -0.121. The van der Waals surface area contributed by atoms with Crippen molar-refractivity contribution in [1.29, 1.82) is 0 Å². The molecule has 3 N–H and O–H groups in total. The van der Waals surface area contributed by atoms with Gasteiger partial charge in [-0.3, -0.25) is 4.79 Å².